The van der Waals surface area contributed by atoms with Crippen molar-refractivity contribution >= 4 is 11.8 Å². The first-order valence-corrected chi connectivity index (χ1v) is 18.2. The Labute approximate surface area is 259 Å². The SMILES string of the molecule is C[C@H]1CC[C@@]2(OC1)O[C@H]1C[C@H]3[C@@H]4CC[C@@H]5C[C@@H](NC(=O)CC(=O)N6CC7CNCC7C6)CC[C@]5(C)[C@H]4CC[C@]3(C)[C@H]1[C@@H]2C. The van der Waals surface area contributed by atoms with Crippen LogP contribution >= 0.6 is 0 Å². The average molecular weight is 596 g/mol. The second kappa shape index (κ2) is 10.4. The van der Waals surface area contributed by atoms with E-state index in [2.05, 4.69) is 38.3 Å². The molecule has 7 heteroatoms. The zero-order valence-electron chi connectivity index (χ0n) is 27.2. The molecule has 4 heterocycles. The number of hydrogen-bond donors (Lipinski definition) is 2. The second-order valence-corrected chi connectivity index (χ2v) is 17.4. The van der Waals surface area contributed by atoms with Crippen LogP contribution in [0.15, 0.2) is 0 Å². The molecule has 7 nitrogen and oxygen atoms in total. The molecule has 2 amide bonds. The van der Waals surface area contributed by atoms with Crippen molar-refractivity contribution < 1.29 is 19.1 Å². The largest absolute Gasteiger partial charge is 0.353 e. The third-order valence-corrected chi connectivity index (χ3v) is 15.4. The Morgan fingerprint density at radius 2 is 1.67 bits per heavy atom. The highest BCUT2D eigenvalue weighted by Gasteiger charge is 2.69. The second-order valence-electron chi connectivity index (χ2n) is 17.4. The van der Waals surface area contributed by atoms with E-state index in [0.717, 1.165) is 69.8 Å². The molecule has 0 aromatic rings. The van der Waals surface area contributed by atoms with E-state index in [-0.39, 0.29) is 30.1 Å². The zero-order valence-corrected chi connectivity index (χ0v) is 27.2. The number of carbonyl (C=O) groups excluding carboxylic acids is 2. The number of ether oxygens (including phenoxy) is 2. The molecule has 0 aromatic heterocycles. The van der Waals surface area contributed by atoms with Gasteiger partial charge in [0.25, 0.3) is 0 Å². The molecular weight excluding hydrogens is 538 g/mol. The van der Waals surface area contributed by atoms with Gasteiger partial charge in [0.05, 0.1) is 12.7 Å². The van der Waals surface area contributed by atoms with Gasteiger partial charge in [-0.3, -0.25) is 9.59 Å². The number of carbonyl (C=O) groups is 2. The fourth-order valence-electron chi connectivity index (χ4n) is 13.0. The van der Waals surface area contributed by atoms with E-state index in [1.54, 1.807) is 0 Å². The molecule has 4 saturated heterocycles. The lowest BCUT2D eigenvalue weighted by Crippen LogP contribution is -2.56. The predicted octanol–water partition coefficient (Wildman–Crippen LogP) is 4.99. The van der Waals surface area contributed by atoms with E-state index in [9.17, 15) is 9.59 Å². The van der Waals surface area contributed by atoms with Crippen molar-refractivity contribution in [1.82, 2.24) is 15.5 Å². The van der Waals surface area contributed by atoms with Crippen molar-refractivity contribution in [2.24, 2.45) is 64.1 Å². The summed E-state index contributed by atoms with van der Waals surface area (Å²) in [6, 6.07) is 0.223. The Bertz CT molecular complexity index is 1110. The van der Waals surface area contributed by atoms with E-state index >= 15 is 0 Å². The molecule has 43 heavy (non-hydrogen) atoms. The summed E-state index contributed by atoms with van der Waals surface area (Å²) in [4.78, 5) is 27.9. The van der Waals surface area contributed by atoms with E-state index in [1.807, 2.05) is 4.90 Å². The van der Waals surface area contributed by atoms with Crippen molar-refractivity contribution in [3.8, 4) is 0 Å². The van der Waals surface area contributed by atoms with Crippen LogP contribution in [0.2, 0.25) is 0 Å². The summed E-state index contributed by atoms with van der Waals surface area (Å²) in [5.74, 6) is 5.59. The standard InChI is InChI=1S/C36H57N3O4/c1-21-7-12-36(42-20-21)22(2)33-30(43-36)14-29-27-6-5-25-13-26(8-10-34(25,3)28(27)9-11-35(29,33)4)38-31(40)15-32(41)39-18-23-16-37-17-24(23)19-39/h21-30,33,37H,5-20H2,1-4H3,(H,38,40)/t21-,22-,23?,24?,25+,26-,27+,28-,29-,30-,33-,34-,35-,36+/m0/s1. The topological polar surface area (TPSA) is 79.9 Å². The molecule has 8 fully saturated rings. The molecule has 1 spiro atoms. The minimum atomic E-state index is -0.325. The normalized spacial score (nSPS) is 53.6. The van der Waals surface area contributed by atoms with Gasteiger partial charge in [-0.25, -0.2) is 0 Å². The van der Waals surface area contributed by atoms with Crippen molar-refractivity contribution in [2.45, 2.75) is 116 Å². The maximum Gasteiger partial charge on any atom is 0.232 e. The van der Waals surface area contributed by atoms with Gasteiger partial charge in [0, 0.05) is 44.6 Å². The zero-order chi connectivity index (χ0) is 29.7. The monoisotopic (exact) mass is 595 g/mol. The number of fused-ring (bicyclic) bond motifs is 8. The molecule has 2 N–H and O–H groups in total. The van der Waals surface area contributed by atoms with Crippen LogP contribution < -0.4 is 10.6 Å². The summed E-state index contributed by atoms with van der Waals surface area (Å²) >= 11 is 0. The van der Waals surface area contributed by atoms with E-state index < -0.39 is 0 Å². The van der Waals surface area contributed by atoms with Crippen LogP contribution in [0.4, 0.5) is 0 Å². The molecule has 14 atom stereocenters. The third-order valence-electron chi connectivity index (χ3n) is 15.4. The van der Waals surface area contributed by atoms with Crippen LogP contribution in [0.1, 0.15) is 98.3 Å². The van der Waals surface area contributed by atoms with Crippen LogP contribution in [0.25, 0.3) is 0 Å². The summed E-state index contributed by atoms with van der Waals surface area (Å²) in [5, 5.41) is 6.75. The lowest BCUT2D eigenvalue weighted by molar-refractivity contribution is -0.273. The summed E-state index contributed by atoms with van der Waals surface area (Å²) < 4.78 is 13.5. The van der Waals surface area contributed by atoms with Crippen molar-refractivity contribution in [3.05, 3.63) is 0 Å². The quantitative estimate of drug-likeness (QED) is 0.450. The highest BCUT2D eigenvalue weighted by molar-refractivity contribution is 5.97. The molecule has 0 bridgehead atoms. The van der Waals surface area contributed by atoms with E-state index in [1.165, 1.54) is 44.9 Å². The van der Waals surface area contributed by atoms with Gasteiger partial charge in [0.2, 0.25) is 11.8 Å². The number of amides is 2. The Morgan fingerprint density at radius 3 is 2.42 bits per heavy atom. The van der Waals surface area contributed by atoms with Gasteiger partial charge in [0.1, 0.15) is 6.42 Å². The highest BCUT2D eigenvalue weighted by Crippen LogP contribution is 2.71. The van der Waals surface area contributed by atoms with Gasteiger partial charge >= 0.3 is 0 Å². The van der Waals surface area contributed by atoms with E-state index in [4.69, 9.17) is 9.47 Å². The number of nitrogens with zero attached hydrogens (tertiary/aromatic N) is 1. The summed E-state index contributed by atoms with van der Waals surface area (Å²) in [5.41, 5.74) is 0.739. The maximum absolute atomic E-state index is 13.0. The molecule has 2 unspecified atom stereocenters. The first-order chi connectivity index (χ1) is 20.6. The van der Waals surface area contributed by atoms with Crippen molar-refractivity contribution in [2.75, 3.05) is 32.8 Å². The van der Waals surface area contributed by atoms with Gasteiger partial charge < -0.3 is 25.0 Å². The van der Waals surface area contributed by atoms with Crippen LogP contribution in [0.3, 0.4) is 0 Å². The Hall–Kier alpha value is -1.18. The first-order valence-electron chi connectivity index (χ1n) is 18.2. The number of nitrogens with one attached hydrogen (secondary N) is 2. The van der Waals surface area contributed by atoms with Gasteiger partial charge in [0.15, 0.2) is 5.79 Å². The molecule has 8 aliphatic rings. The molecule has 0 aromatic carbocycles. The maximum atomic E-state index is 13.0. The Balaban J connectivity index is 0.888. The van der Waals surface area contributed by atoms with Gasteiger partial charge in [-0.2, -0.15) is 0 Å². The Kier molecular flexibility index (Phi) is 7.08. The molecule has 240 valence electrons. The lowest BCUT2D eigenvalue weighted by atomic mass is 9.44. The van der Waals surface area contributed by atoms with Gasteiger partial charge in [-0.1, -0.05) is 27.7 Å². The highest BCUT2D eigenvalue weighted by atomic mass is 16.7. The predicted molar refractivity (Wildman–Crippen MR) is 165 cm³/mol. The fourth-order valence-corrected chi connectivity index (χ4v) is 13.0. The van der Waals surface area contributed by atoms with Crippen molar-refractivity contribution in [1.29, 1.82) is 0 Å². The third kappa shape index (κ3) is 4.51. The minimum absolute atomic E-state index is 0.0183. The number of likely N-dealkylation sites (tertiary alicyclic amines) is 1. The molecular formula is C36H57N3O4. The van der Waals surface area contributed by atoms with Crippen LogP contribution in [-0.2, 0) is 19.1 Å². The lowest BCUT2D eigenvalue weighted by Gasteiger charge is -2.61. The van der Waals surface area contributed by atoms with Crippen molar-refractivity contribution in [3.63, 3.8) is 0 Å². The number of hydrogen-bond acceptors (Lipinski definition) is 5. The average Bonchev–Trinajstić information content (AvgIpc) is 3.71. The van der Waals surface area contributed by atoms with E-state index in [0.29, 0.717) is 52.4 Å². The molecule has 8 rings (SSSR count). The summed E-state index contributed by atoms with van der Waals surface area (Å²) in [7, 11) is 0. The van der Waals surface area contributed by atoms with Gasteiger partial charge in [-0.15, -0.1) is 0 Å². The molecule has 4 aliphatic carbocycles. The molecule has 4 saturated carbocycles. The summed E-state index contributed by atoms with van der Waals surface area (Å²) in [6.45, 7) is 14.5. The first kappa shape index (κ1) is 29.2. The molecule has 0 radical (unpaired) electrons. The number of rotatable bonds is 3. The van der Waals surface area contributed by atoms with Gasteiger partial charge in [-0.05, 0) is 116 Å². The fraction of sp³-hybridized carbons (Fsp3) is 0.944. The minimum Gasteiger partial charge on any atom is -0.353 e. The van der Waals surface area contributed by atoms with Crippen LogP contribution in [-0.4, -0.2) is 67.4 Å². The van der Waals surface area contributed by atoms with Crippen LogP contribution in [0, 0.1) is 64.1 Å². The summed E-state index contributed by atoms with van der Waals surface area (Å²) in [6.07, 6.45) is 12.6. The van der Waals surface area contributed by atoms with Crippen LogP contribution in [0.5, 0.6) is 0 Å². The molecule has 4 aliphatic heterocycles. The Morgan fingerprint density at radius 1 is 0.907 bits per heavy atom. The smallest absolute Gasteiger partial charge is 0.232 e.